The number of unbranched alkanes of at least 4 members (excludes halogenated alkanes) is 4. The van der Waals surface area contributed by atoms with Crippen molar-refractivity contribution in [1.82, 2.24) is 0 Å². The van der Waals surface area contributed by atoms with Crippen LogP contribution in [0.3, 0.4) is 0 Å². The Bertz CT molecular complexity index is 391. The first-order valence-corrected chi connectivity index (χ1v) is 6.47. The number of rotatable bonds is 8. The van der Waals surface area contributed by atoms with Gasteiger partial charge in [0.1, 0.15) is 5.75 Å². The van der Waals surface area contributed by atoms with Gasteiger partial charge in [-0.3, -0.25) is 4.79 Å². The van der Waals surface area contributed by atoms with Crippen molar-refractivity contribution in [3.63, 3.8) is 0 Å². The van der Waals surface area contributed by atoms with E-state index in [9.17, 15) is 4.79 Å². The molecule has 18 heavy (non-hydrogen) atoms. The molecule has 0 aliphatic rings. The Balaban J connectivity index is 2.44. The second-order valence-electron chi connectivity index (χ2n) is 4.38. The van der Waals surface area contributed by atoms with Crippen molar-refractivity contribution in [2.24, 2.45) is 5.73 Å². The van der Waals surface area contributed by atoms with Gasteiger partial charge in [-0.2, -0.15) is 0 Å². The maximum Gasteiger partial charge on any atom is 0.252 e. The minimum Gasteiger partial charge on any atom is -0.493 e. The second-order valence-corrected chi connectivity index (χ2v) is 4.38. The van der Waals surface area contributed by atoms with Crippen LogP contribution in [0.2, 0.25) is 0 Å². The summed E-state index contributed by atoms with van der Waals surface area (Å²) in [4.78, 5) is 11.2. The van der Waals surface area contributed by atoms with E-state index in [1.54, 1.807) is 18.2 Å². The van der Waals surface area contributed by atoms with Gasteiger partial charge in [0.05, 0.1) is 12.2 Å². The molecule has 1 amide bonds. The quantitative estimate of drug-likeness (QED) is 0.550. The van der Waals surface area contributed by atoms with Gasteiger partial charge in [0.2, 0.25) is 0 Å². The third-order valence-corrected chi connectivity index (χ3v) is 2.77. The van der Waals surface area contributed by atoms with Gasteiger partial charge in [0, 0.05) is 5.69 Å². The van der Waals surface area contributed by atoms with Gasteiger partial charge in [-0.1, -0.05) is 32.6 Å². The van der Waals surface area contributed by atoms with E-state index in [1.165, 1.54) is 19.3 Å². The molecule has 4 heteroatoms. The molecular weight excluding hydrogens is 228 g/mol. The van der Waals surface area contributed by atoms with Gasteiger partial charge < -0.3 is 16.2 Å². The summed E-state index contributed by atoms with van der Waals surface area (Å²) < 4.78 is 5.58. The lowest BCUT2D eigenvalue weighted by molar-refractivity contribution is 0.0996. The Morgan fingerprint density at radius 2 is 1.94 bits per heavy atom. The molecule has 0 aliphatic carbocycles. The van der Waals surface area contributed by atoms with Gasteiger partial charge >= 0.3 is 0 Å². The summed E-state index contributed by atoms with van der Waals surface area (Å²) in [6.07, 6.45) is 5.85. The van der Waals surface area contributed by atoms with E-state index in [0.717, 1.165) is 12.8 Å². The predicted molar refractivity (Wildman–Crippen MR) is 73.6 cm³/mol. The maximum absolute atomic E-state index is 11.2. The number of hydrogen-bond donors (Lipinski definition) is 2. The molecule has 0 aliphatic heterocycles. The van der Waals surface area contributed by atoms with Crippen molar-refractivity contribution < 1.29 is 9.53 Å². The molecule has 0 unspecified atom stereocenters. The number of nitrogen functional groups attached to an aromatic ring is 1. The minimum absolute atomic E-state index is 0.351. The summed E-state index contributed by atoms with van der Waals surface area (Å²) in [6, 6.07) is 4.95. The molecule has 4 nitrogen and oxygen atoms in total. The lowest BCUT2D eigenvalue weighted by atomic mass is 10.1. The average molecular weight is 250 g/mol. The highest BCUT2D eigenvalue weighted by molar-refractivity contribution is 5.96. The van der Waals surface area contributed by atoms with Crippen LogP contribution in [-0.2, 0) is 0 Å². The van der Waals surface area contributed by atoms with E-state index in [1.807, 2.05) is 0 Å². The molecule has 0 atom stereocenters. The molecule has 0 fully saturated rings. The van der Waals surface area contributed by atoms with Crippen molar-refractivity contribution >= 4 is 11.6 Å². The zero-order valence-electron chi connectivity index (χ0n) is 10.9. The van der Waals surface area contributed by atoms with Crippen LogP contribution in [-0.4, -0.2) is 12.5 Å². The van der Waals surface area contributed by atoms with Crippen LogP contribution < -0.4 is 16.2 Å². The first kappa shape index (κ1) is 14.4. The van der Waals surface area contributed by atoms with Crippen LogP contribution in [0.5, 0.6) is 5.75 Å². The fourth-order valence-corrected chi connectivity index (χ4v) is 1.75. The van der Waals surface area contributed by atoms with Crippen LogP contribution in [0.15, 0.2) is 18.2 Å². The monoisotopic (exact) mass is 250 g/mol. The van der Waals surface area contributed by atoms with Gasteiger partial charge in [0.15, 0.2) is 0 Å². The Morgan fingerprint density at radius 3 is 2.61 bits per heavy atom. The van der Waals surface area contributed by atoms with Crippen LogP contribution >= 0.6 is 0 Å². The van der Waals surface area contributed by atoms with Crippen LogP contribution in [0.25, 0.3) is 0 Å². The van der Waals surface area contributed by atoms with Crippen molar-refractivity contribution in [2.75, 3.05) is 12.3 Å². The van der Waals surface area contributed by atoms with Crippen molar-refractivity contribution in [2.45, 2.75) is 39.0 Å². The summed E-state index contributed by atoms with van der Waals surface area (Å²) in [5, 5.41) is 0. The van der Waals surface area contributed by atoms with Gasteiger partial charge in [-0.25, -0.2) is 0 Å². The van der Waals surface area contributed by atoms with Crippen LogP contribution in [0, 0.1) is 0 Å². The van der Waals surface area contributed by atoms with Crippen LogP contribution in [0.1, 0.15) is 49.4 Å². The van der Waals surface area contributed by atoms with Gasteiger partial charge in [-0.05, 0) is 24.6 Å². The fraction of sp³-hybridized carbons (Fsp3) is 0.500. The van der Waals surface area contributed by atoms with E-state index in [0.29, 0.717) is 23.6 Å². The first-order valence-electron chi connectivity index (χ1n) is 6.47. The molecule has 0 heterocycles. The topological polar surface area (TPSA) is 78.3 Å². The van der Waals surface area contributed by atoms with Crippen molar-refractivity contribution in [3.05, 3.63) is 23.8 Å². The highest BCUT2D eigenvalue weighted by Crippen LogP contribution is 2.21. The number of ether oxygens (including phenoxy) is 1. The number of anilines is 1. The molecule has 0 aromatic heterocycles. The number of hydrogen-bond acceptors (Lipinski definition) is 3. The zero-order valence-corrected chi connectivity index (χ0v) is 10.9. The Kier molecular flexibility index (Phi) is 6.05. The van der Waals surface area contributed by atoms with Crippen molar-refractivity contribution in [3.8, 4) is 5.75 Å². The third-order valence-electron chi connectivity index (χ3n) is 2.77. The summed E-state index contributed by atoms with van der Waals surface area (Å²) in [5.74, 6) is 0.00970. The van der Waals surface area contributed by atoms with E-state index in [-0.39, 0.29) is 0 Å². The first-order chi connectivity index (χ1) is 8.65. The summed E-state index contributed by atoms with van der Waals surface area (Å²) in [6.45, 7) is 2.79. The largest absolute Gasteiger partial charge is 0.493 e. The Morgan fingerprint density at radius 1 is 1.22 bits per heavy atom. The average Bonchev–Trinajstić information content (AvgIpc) is 2.35. The Hall–Kier alpha value is -1.71. The molecule has 1 aromatic carbocycles. The van der Waals surface area contributed by atoms with E-state index in [2.05, 4.69) is 6.92 Å². The van der Waals surface area contributed by atoms with Crippen LogP contribution in [0.4, 0.5) is 5.69 Å². The maximum atomic E-state index is 11.2. The normalized spacial score (nSPS) is 10.3. The summed E-state index contributed by atoms with van der Waals surface area (Å²) in [5.41, 5.74) is 11.8. The molecule has 4 N–H and O–H groups in total. The fourth-order valence-electron chi connectivity index (χ4n) is 1.75. The van der Waals surface area contributed by atoms with Crippen molar-refractivity contribution in [1.29, 1.82) is 0 Å². The molecule has 0 saturated heterocycles. The number of amides is 1. The third kappa shape index (κ3) is 4.65. The number of carbonyl (C=O) groups excluding carboxylic acids is 1. The Labute approximate surface area is 108 Å². The van der Waals surface area contributed by atoms with Gasteiger partial charge in [0.25, 0.3) is 5.91 Å². The lowest BCUT2D eigenvalue weighted by Gasteiger charge is -2.10. The predicted octanol–water partition coefficient (Wildman–Crippen LogP) is 2.72. The molecule has 0 saturated carbocycles. The molecule has 1 aromatic rings. The number of primary amides is 1. The van der Waals surface area contributed by atoms with Gasteiger partial charge in [-0.15, -0.1) is 0 Å². The lowest BCUT2D eigenvalue weighted by Crippen LogP contribution is -2.14. The second kappa shape index (κ2) is 7.58. The summed E-state index contributed by atoms with van der Waals surface area (Å²) in [7, 11) is 0. The molecule has 100 valence electrons. The van der Waals surface area contributed by atoms with E-state index >= 15 is 0 Å². The molecular formula is C14H22N2O2. The highest BCUT2D eigenvalue weighted by Gasteiger charge is 2.09. The summed E-state index contributed by atoms with van der Waals surface area (Å²) >= 11 is 0. The standard InChI is InChI=1S/C14H22N2O2/c1-2-3-4-5-6-9-18-13-8-7-11(15)10-12(13)14(16)17/h7-8,10H,2-6,9,15H2,1H3,(H2,16,17). The minimum atomic E-state index is -0.511. The molecule has 0 bridgehead atoms. The number of benzene rings is 1. The molecule has 1 rings (SSSR count). The highest BCUT2D eigenvalue weighted by atomic mass is 16.5. The van der Waals surface area contributed by atoms with E-state index < -0.39 is 5.91 Å². The smallest absolute Gasteiger partial charge is 0.252 e. The number of nitrogens with two attached hydrogens (primary N) is 2. The number of carbonyl (C=O) groups is 1. The zero-order chi connectivity index (χ0) is 13.4. The SMILES string of the molecule is CCCCCCCOc1ccc(N)cc1C(N)=O. The van der Waals surface area contributed by atoms with E-state index in [4.69, 9.17) is 16.2 Å². The molecule has 0 spiro atoms. The molecule has 0 radical (unpaired) electrons.